The molecule has 0 amide bonds. The average Bonchev–Trinajstić information content (AvgIpc) is 2.09. The molecule has 0 radical (unpaired) electrons. The van der Waals surface area contributed by atoms with E-state index in [1.807, 2.05) is 6.92 Å². The lowest BCUT2D eigenvalue weighted by Crippen LogP contribution is -2.17. The molecule has 0 fully saturated rings. The first kappa shape index (κ1) is 13.2. The van der Waals surface area contributed by atoms with Crippen molar-refractivity contribution in [1.82, 2.24) is 5.32 Å². The number of ether oxygens (including phenoxy) is 1. The van der Waals surface area contributed by atoms with E-state index in [0.29, 0.717) is 5.38 Å². The molecule has 1 unspecified atom stereocenters. The van der Waals surface area contributed by atoms with Gasteiger partial charge in [0.25, 0.3) is 0 Å². The monoisotopic (exact) mass is 207 g/mol. The molecular weight excluding hydrogens is 186 g/mol. The molecule has 0 spiro atoms. The molecule has 3 heteroatoms. The van der Waals surface area contributed by atoms with E-state index in [0.717, 1.165) is 32.5 Å². The number of methoxy groups -OCH3 is 1. The van der Waals surface area contributed by atoms with Crippen molar-refractivity contribution in [3.8, 4) is 0 Å². The fourth-order valence-electron chi connectivity index (χ4n) is 1.13. The van der Waals surface area contributed by atoms with Crippen LogP contribution >= 0.6 is 11.6 Å². The second-order valence-electron chi connectivity index (χ2n) is 3.37. The van der Waals surface area contributed by atoms with Crippen molar-refractivity contribution in [2.24, 2.45) is 0 Å². The first-order valence-corrected chi connectivity index (χ1v) is 5.54. The molecule has 0 rings (SSSR count). The van der Waals surface area contributed by atoms with E-state index < -0.39 is 0 Å². The van der Waals surface area contributed by atoms with E-state index in [9.17, 15) is 0 Å². The van der Waals surface area contributed by atoms with Gasteiger partial charge in [-0.2, -0.15) is 0 Å². The topological polar surface area (TPSA) is 21.3 Å². The molecule has 0 saturated carbocycles. The third kappa shape index (κ3) is 12.2. The normalized spacial score (nSPS) is 13.2. The lowest BCUT2D eigenvalue weighted by atomic mass is 10.2. The minimum Gasteiger partial charge on any atom is -0.385 e. The first-order valence-electron chi connectivity index (χ1n) is 5.11. The summed E-state index contributed by atoms with van der Waals surface area (Å²) < 4.78 is 4.96. The molecule has 80 valence electrons. The van der Waals surface area contributed by atoms with Gasteiger partial charge in [0.05, 0.1) is 0 Å². The Balaban J connectivity index is 2.84. The largest absolute Gasteiger partial charge is 0.385 e. The van der Waals surface area contributed by atoms with Crippen LogP contribution in [0, 0.1) is 0 Å². The van der Waals surface area contributed by atoms with Gasteiger partial charge < -0.3 is 10.1 Å². The maximum Gasteiger partial charge on any atom is 0.0462 e. The van der Waals surface area contributed by atoms with Crippen molar-refractivity contribution in [3.63, 3.8) is 0 Å². The van der Waals surface area contributed by atoms with Crippen molar-refractivity contribution in [2.75, 3.05) is 26.8 Å². The Hall–Kier alpha value is 0.210. The van der Waals surface area contributed by atoms with Gasteiger partial charge in [0, 0.05) is 19.1 Å². The molecule has 1 atom stereocenters. The van der Waals surface area contributed by atoms with Crippen LogP contribution in [0.15, 0.2) is 0 Å². The number of rotatable bonds is 9. The van der Waals surface area contributed by atoms with E-state index in [1.54, 1.807) is 7.11 Å². The van der Waals surface area contributed by atoms with E-state index in [-0.39, 0.29) is 0 Å². The molecule has 0 aromatic heterocycles. The summed E-state index contributed by atoms with van der Waals surface area (Å²) >= 11 is 5.81. The van der Waals surface area contributed by atoms with Crippen molar-refractivity contribution in [2.45, 2.75) is 38.0 Å². The summed E-state index contributed by atoms with van der Waals surface area (Å²) in [5.41, 5.74) is 0. The first-order chi connectivity index (χ1) is 6.27. The highest BCUT2D eigenvalue weighted by atomic mass is 35.5. The van der Waals surface area contributed by atoms with Crippen LogP contribution in [0.4, 0.5) is 0 Å². The maximum atomic E-state index is 5.81. The van der Waals surface area contributed by atoms with E-state index in [1.165, 1.54) is 12.8 Å². The number of unbranched alkanes of at least 4 members (excludes halogenated alkanes) is 1. The second kappa shape index (κ2) is 10.3. The van der Waals surface area contributed by atoms with Crippen LogP contribution in [-0.2, 0) is 4.74 Å². The Labute approximate surface area is 87.0 Å². The summed E-state index contributed by atoms with van der Waals surface area (Å²) in [6.07, 6.45) is 4.63. The number of halogens is 1. The van der Waals surface area contributed by atoms with Gasteiger partial charge >= 0.3 is 0 Å². The van der Waals surface area contributed by atoms with Gasteiger partial charge in [-0.15, -0.1) is 11.6 Å². The Bertz CT molecular complexity index is 98.9. The number of alkyl halides is 1. The molecule has 0 aromatic carbocycles. The summed E-state index contributed by atoms with van der Waals surface area (Å²) in [6.45, 7) is 5.10. The molecule has 0 aliphatic heterocycles. The summed E-state index contributed by atoms with van der Waals surface area (Å²) in [5.74, 6) is 0. The quantitative estimate of drug-likeness (QED) is 0.463. The molecule has 0 aromatic rings. The van der Waals surface area contributed by atoms with E-state index in [4.69, 9.17) is 16.3 Å². The van der Waals surface area contributed by atoms with Gasteiger partial charge in [-0.05, 0) is 45.7 Å². The highest BCUT2D eigenvalue weighted by molar-refractivity contribution is 6.20. The predicted molar refractivity (Wildman–Crippen MR) is 58.5 cm³/mol. The SMILES string of the molecule is COCCCCNCCCC(C)Cl. The zero-order valence-electron chi connectivity index (χ0n) is 8.81. The van der Waals surface area contributed by atoms with Gasteiger partial charge in [0.15, 0.2) is 0 Å². The number of hydrogen-bond acceptors (Lipinski definition) is 2. The molecule has 1 N–H and O–H groups in total. The Kier molecular flexibility index (Phi) is 10.5. The Morgan fingerprint density at radius 3 is 2.54 bits per heavy atom. The fourth-order valence-corrected chi connectivity index (χ4v) is 1.28. The van der Waals surface area contributed by atoms with Crippen LogP contribution in [0.2, 0.25) is 0 Å². The molecule has 0 heterocycles. The fraction of sp³-hybridized carbons (Fsp3) is 1.00. The van der Waals surface area contributed by atoms with E-state index in [2.05, 4.69) is 5.32 Å². The minimum atomic E-state index is 0.315. The standard InChI is InChI=1S/C10H22ClNO/c1-10(11)6-5-8-12-7-3-4-9-13-2/h10,12H,3-9H2,1-2H3. The minimum absolute atomic E-state index is 0.315. The van der Waals surface area contributed by atoms with Gasteiger partial charge in [-0.1, -0.05) is 0 Å². The summed E-state index contributed by atoms with van der Waals surface area (Å²) in [7, 11) is 1.75. The highest BCUT2D eigenvalue weighted by Crippen LogP contribution is 2.02. The van der Waals surface area contributed by atoms with Crippen molar-refractivity contribution in [3.05, 3.63) is 0 Å². The zero-order valence-corrected chi connectivity index (χ0v) is 9.57. The molecule has 0 saturated heterocycles. The molecular formula is C10H22ClNO. The molecule has 0 aliphatic rings. The molecule has 13 heavy (non-hydrogen) atoms. The summed E-state index contributed by atoms with van der Waals surface area (Å²) in [6, 6.07) is 0. The maximum absolute atomic E-state index is 5.81. The van der Waals surface area contributed by atoms with Gasteiger partial charge in [0.1, 0.15) is 0 Å². The highest BCUT2D eigenvalue weighted by Gasteiger charge is 1.94. The van der Waals surface area contributed by atoms with Crippen LogP contribution < -0.4 is 5.32 Å². The van der Waals surface area contributed by atoms with Crippen LogP contribution in [0.25, 0.3) is 0 Å². The van der Waals surface area contributed by atoms with Crippen LogP contribution in [-0.4, -0.2) is 32.2 Å². The summed E-state index contributed by atoms with van der Waals surface area (Å²) in [4.78, 5) is 0. The molecule has 0 bridgehead atoms. The lowest BCUT2D eigenvalue weighted by Gasteiger charge is -2.05. The van der Waals surface area contributed by atoms with E-state index >= 15 is 0 Å². The third-order valence-corrected chi connectivity index (χ3v) is 2.13. The van der Waals surface area contributed by atoms with Gasteiger partial charge in [-0.3, -0.25) is 0 Å². The Morgan fingerprint density at radius 1 is 1.23 bits per heavy atom. The van der Waals surface area contributed by atoms with Crippen molar-refractivity contribution < 1.29 is 4.74 Å². The Morgan fingerprint density at radius 2 is 1.92 bits per heavy atom. The lowest BCUT2D eigenvalue weighted by molar-refractivity contribution is 0.192. The number of nitrogens with one attached hydrogen (secondary N) is 1. The molecule has 2 nitrogen and oxygen atoms in total. The zero-order chi connectivity index (χ0) is 9.94. The third-order valence-electron chi connectivity index (χ3n) is 1.91. The van der Waals surface area contributed by atoms with Crippen LogP contribution in [0.1, 0.15) is 32.6 Å². The summed E-state index contributed by atoms with van der Waals surface area (Å²) in [5, 5.41) is 3.70. The smallest absolute Gasteiger partial charge is 0.0462 e. The van der Waals surface area contributed by atoms with Crippen molar-refractivity contribution >= 4 is 11.6 Å². The predicted octanol–water partition coefficient (Wildman–Crippen LogP) is 2.41. The van der Waals surface area contributed by atoms with Crippen molar-refractivity contribution in [1.29, 1.82) is 0 Å². The van der Waals surface area contributed by atoms with Gasteiger partial charge in [0.2, 0.25) is 0 Å². The number of hydrogen-bond donors (Lipinski definition) is 1. The average molecular weight is 208 g/mol. The second-order valence-corrected chi connectivity index (χ2v) is 4.12. The van der Waals surface area contributed by atoms with Crippen LogP contribution in [0.5, 0.6) is 0 Å². The van der Waals surface area contributed by atoms with Gasteiger partial charge in [-0.25, -0.2) is 0 Å². The molecule has 0 aliphatic carbocycles. The van der Waals surface area contributed by atoms with Crippen LogP contribution in [0.3, 0.4) is 0 Å².